The summed E-state index contributed by atoms with van der Waals surface area (Å²) >= 11 is 2.12. The third-order valence-electron chi connectivity index (χ3n) is 3.15. The second-order valence-corrected chi connectivity index (χ2v) is 8.19. The SMILES string of the molecule is CCOC(=O)/C(=N/Nc1cccc(I)c1)S(=O)(=O)c1ccc(C)cc1. The largest absolute Gasteiger partial charge is 0.461 e. The lowest BCUT2D eigenvalue weighted by atomic mass is 10.2. The molecule has 2 aromatic carbocycles. The number of hydrazone groups is 1. The van der Waals surface area contributed by atoms with Crippen molar-refractivity contribution < 1.29 is 17.9 Å². The fraction of sp³-hybridized carbons (Fsp3) is 0.176. The second-order valence-electron chi connectivity index (χ2n) is 5.08. The number of nitrogens with zero attached hydrogens (tertiary/aromatic N) is 1. The number of rotatable bonds is 4. The van der Waals surface area contributed by atoms with Crippen molar-refractivity contribution in [3.63, 3.8) is 0 Å². The summed E-state index contributed by atoms with van der Waals surface area (Å²) in [5.41, 5.74) is 4.09. The van der Waals surface area contributed by atoms with Crippen molar-refractivity contribution in [3.8, 4) is 0 Å². The molecule has 8 heteroatoms. The van der Waals surface area contributed by atoms with Crippen molar-refractivity contribution >= 4 is 49.1 Å². The highest BCUT2D eigenvalue weighted by molar-refractivity contribution is 14.1. The van der Waals surface area contributed by atoms with Crippen LogP contribution >= 0.6 is 22.6 Å². The standard InChI is InChI=1S/C17H17IN2O4S/c1-3-24-17(21)16(20-19-14-6-4-5-13(18)11-14)25(22,23)15-9-7-12(2)8-10-15/h4-11,19H,3H2,1-2H3/b20-16-. The van der Waals surface area contributed by atoms with E-state index in [1.807, 2.05) is 13.0 Å². The van der Waals surface area contributed by atoms with Gasteiger partial charge in [0.15, 0.2) is 0 Å². The van der Waals surface area contributed by atoms with Gasteiger partial charge in [-0.15, -0.1) is 0 Å². The molecule has 0 aliphatic carbocycles. The first-order valence-corrected chi connectivity index (χ1v) is 9.99. The highest BCUT2D eigenvalue weighted by Gasteiger charge is 2.30. The first kappa shape index (κ1) is 19.4. The summed E-state index contributed by atoms with van der Waals surface area (Å²) in [5, 5.41) is 3.14. The van der Waals surface area contributed by atoms with E-state index in [0.717, 1.165) is 9.13 Å². The van der Waals surface area contributed by atoms with Gasteiger partial charge in [-0.1, -0.05) is 23.8 Å². The number of carbonyl (C=O) groups excluding carboxylic acids is 1. The van der Waals surface area contributed by atoms with Crippen LogP contribution in [0.25, 0.3) is 0 Å². The van der Waals surface area contributed by atoms with Crippen molar-refractivity contribution in [2.24, 2.45) is 5.10 Å². The van der Waals surface area contributed by atoms with Crippen molar-refractivity contribution in [1.29, 1.82) is 0 Å². The van der Waals surface area contributed by atoms with Crippen molar-refractivity contribution in [1.82, 2.24) is 0 Å². The number of nitrogens with one attached hydrogen (secondary N) is 1. The van der Waals surface area contributed by atoms with E-state index in [0.29, 0.717) is 5.69 Å². The number of ether oxygens (including phenoxy) is 1. The molecule has 0 spiro atoms. The molecule has 132 valence electrons. The number of hydrogen-bond acceptors (Lipinski definition) is 6. The van der Waals surface area contributed by atoms with Gasteiger partial charge in [-0.3, -0.25) is 5.43 Å². The highest BCUT2D eigenvalue weighted by Crippen LogP contribution is 2.17. The van der Waals surface area contributed by atoms with Gasteiger partial charge >= 0.3 is 5.97 Å². The summed E-state index contributed by atoms with van der Waals surface area (Å²) in [6.45, 7) is 3.49. The molecule has 1 N–H and O–H groups in total. The molecular formula is C17H17IN2O4S. The predicted octanol–water partition coefficient (Wildman–Crippen LogP) is 3.36. The van der Waals surface area contributed by atoms with Gasteiger partial charge in [0.1, 0.15) is 0 Å². The Kier molecular flexibility index (Phi) is 6.54. The van der Waals surface area contributed by atoms with Crippen LogP contribution in [0, 0.1) is 10.5 Å². The van der Waals surface area contributed by atoms with Crippen molar-refractivity contribution in [3.05, 3.63) is 57.7 Å². The van der Waals surface area contributed by atoms with Crippen LogP contribution < -0.4 is 5.43 Å². The Bertz CT molecular complexity index is 893. The molecule has 0 saturated carbocycles. The topological polar surface area (TPSA) is 84.8 Å². The number of carbonyl (C=O) groups is 1. The number of esters is 1. The molecule has 2 rings (SSSR count). The lowest BCUT2D eigenvalue weighted by Gasteiger charge is -2.09. The quantitative estimate of drug-likeness (QED) is 0.243. The Morgan fingerprint density at radius 1 is 1.20 bits per heavy atom. The minimum absolute atomic E-state index is 0.0191. The maximum Gasteiger partial charge on any atom is 0.371 e. The fourth-order valence-electron chi connectivity index (χ4n) is 1.91. The zero-order valence-corrected chi connectivity index (χ0v) is 16.7. The predicted molar refractivity (Wildman–Crippen MR) is 105 cm³/mol. The van der Waals surface area contributed by atoms with Crippen LogP contribution in [-0.2, 0) is 19.4 Å². The van der Waals surface area contributed by atoms with Crippen LogP contribution in [0.15, 0.2) is 58.5 Å². The molecule has 0 aromatic heterocycles. The van der Waals surface area contributed by atoms with Gasteiger partial charge < -0.3 is 4.74 Å². The third-order valence-corrected chi connectivity index (χ3v) is 5.48. The molecule has 0 fully saturated rings. The van der Waals surface area contributed by atoms with Crippen LogP contribution in [0.2, 0.25) is 0 Å². The zero-order chi connectivity index (χ0) is 18.4. The summed E-state index contributed by atoms with van der Waals surface area (Å²) in [4.78, 5) is 12.1. The Morgan fingerprint density at radius 3 is 2.48 bits per heavy atom. The van der Waals surface area contributed by atoms with E-state index in [2.05, 4.69) is 33.1 Å². The van der Waals surface area contributed by atoms with Crippen LogP contribution in [0.1, 0.15) is 12.5 Å². The molecule has 2 aromatic rings. The lowest BCUT2D eigenvalue weighted by Crippen LogP contribution is -2.28. The number of halogens is 1. The maximum atomic E-state index is 12.8. The molecule has 0 aliphatic heterocycles. The van der Waals surface area contributed by atoms with E-state index in [-0.39, 0.29) is 11.5 Å². The van der Waals surface area contributed by atoms with Crippen LogP contribution in [0.5, 0.6) is 0 Å². The summed E-state index contributed by atoms with van der Waals surface area (Å²) in [7, 11) is -4.11. The summed E-state index contributed by atoms with van der Waals surface area (Å²) in [5.74, 6) is -0.999. The van der Waals surface area contributed by atoms with Gasteiger partial charge in [0, 0.05) is 3.57 Å². The zero-order valence-electron chi connectivity index (χ0n) is 13.7. The Labute approximate surface area is 160 Å². The molecular weight excluding hydrogens is 455 g/mol. The van der Waals surface area contributed by atoms with E-state index in [9.17, 15) is 13.2 Å². The molecule has 25 heavy (non-hydrogen) atoms. The van der Waals surface area contributed by atoms with Gasteiger partial charge in [-0.25, -0.2) is 13.2 Å². The van der Waals surface area contributed by atoms with Crippen LogP contribution in [-0.4, -0.2) is 26.0 Å². The van der Waals surface area contributed by atoms with E-state index in [4.69, 9.17) is 4.74 Å². The normalized spacial score (nSPS) is 11.9. The maximum absolute atomic E-state index is 12.8. The van der Waals surface area contributed by atoms with E-state index < -0.39 is 20.9 Å². The van der Waals surface area contributed by atoms with Crippen molar-refractivity contribution in [2.75, 3.05) is 12.0 Å². The number of hydrogen-bond donors (Lipinski definition) is 1. The van der Waals surface area contributed by atoms with E-state index in [1.165, 1.54) is 12.1 Å². The number of aryl methyl sites for hydroxylation is 1. The summed E-state index contributed by atoms with van der Waals surface area (Å²) < 4.78 is 31.3. The molecule has 0 unspecified atom stereocenters. The van der Waals surface area contributed by atoms with E-state index in [1.54, 1.807) is 37.3 Å². The van der Waals surface area contributed by atoms with Gasteiger partial charge in [0.05, 0.1) is 17.2 Å². The van der Waals surface area contributed by atoms with Gasteiger partial charge in [-0.2, -0.15) is 5.10 Å². The summed E-state index contributed by atoms with van der Waals surface area (Å²) in [6.07, 6.45) is 0. The molecule has 0 aliphatic rings. The monoisotopic (exact) mass is 472 g/mol. The molecule has 0 bridgehead atoms. The second kappa shape index (κ2) is 8.43. The number of sulfone groups is 1. The van der Waals surface area contributed by atoms with Gasteiger partial charge in [-0.05, 0) is 66.8 Å². The van der Waals surface area contributed by atoms with Crippen LogP contribution in [0.3, 0.4) is 0 Å². The molecule has 0 atom stereocenters. The molecule has 0 radical (unpaired) electrons. The Morgan fingerprint density at radius 2 is 1.88 bits per heavy atom. The number of anilines is 1. The number of benzene rings is 2. The average Bonchev–Trinajstić information content (AvgIpc) is 2.55. The average molecular weight is 472 g/mol. The minimum atomic E-state index is -4.11. The Hall–Kier alpha value is -1.94. The van der Waals surface area contributed by atoms with Gasteiger partial charge in [0.25, 0.3) is 5.04 Å². The van der Waals surface area contributed by atoms with Gasteiger partial charge in [0.2, 0.25) is 9.84 Å². The fourth-order valence-corrected chi connectivity index (χ4v) is 3.62. The molecule has 0 saturated heterocycles. The lowest BCUT2D eigenvalue weighted by molar-refractivity contribution is -0.134. The van der Waals surface area contributed by atoms with Crippen molar-refractivity contribution in [2.45, 2.75) is 18.7 Å². The Balaban J connectivity index is 2.43. The third kappa shape index (κ3) is 5.02. The smallest absolute Gasteiger partial charge is 0.371 e. The first-order valence-electron chi connectivity index (χ1n) is 7.42. The first-order chi connectivity index (χ1) is 11.8. The minimum Gasteiger partial charge on any atom is -0.461 e. The molecule has 0 heterocycles. The molecule has 6 nitrogen and oxygen atoms in total. The molecule has 0 amide bonds. The highest BCUT2D eigenvalue weighted by atomic mass is 127. The summed E-state index contributed by atoms with van der Waals surface area (Å²) in [6, 6.07) is 13.3. The van der Waals surface area contributed by atoms with Crippen LogP contribution in [0.4, 0.5) is 5.69 Å². The van der Waals surface area contributed by atoms with E-state index >= 15 is 0 Å².